The number of nitrogen functional groups attached to an aromatic ring is 1. The number of unbranched alkanes of at least 4 members (excludes halogenated alkanes) is 10. The SMILES string of the molecule is C#C[C@@]1(COP(=O)(N[C@@H](Cc2cc(F)cc(F)c2)C(=O)OCC(CCCCCCCC)CCCCCCCC)Oc2ccccc2)CC[C@H](n2cnc3c(N)nc(F)nc32)O1. The number of aromatic nitrogens is 4. The monoisotopic (exact) mass is 868 g/mol. The minimum Gasteiger partial charge on any atom is -0.464 e. The summed E-state index contributed by atoms with van der Waals surface area (Å²) in [5.74, 6) is 0.243. The molecule has 0 radical (unpaired) electrons. The van der Waals surface area contributed by atoms with Crippen molar-refractivity contribution in [3.05, 3.63) is 78.1 Å². The first-order chi connectivity index (χ1) is 29.4. The van der Waals surface area contributed by atoms with Crippen molar-refractivity contribution in [2.75, 3.05) is 18.9 Å². The van der Waals surface area contributed by atoms with Gasteiger partial charge in [-0.2, -0.15) is 19.4 Å². The van der Waals surface area contributed by atoms with E-state index in [1.807, 2.05) is 0 Å². The van der Waals surface area contributed by atoms with E-state index in [-0.39, 0.29) is 53.7 Å². The molecule has 1 unspecified atom stereocenters. The van der Waals surface area contributed by atoms with Gasteiger partial charge in [0.05, 0.1) is 19.5 Å². The Morgan fingerprint density at radius 2 is 1.62 bits per heavy atom. The van der Waals surface area contributed by atoms with Gasteiger partial charge in [-0.1, -0.05) is 115 Å². The number of carbonyl (C=O) groups is 1. The van der Waals surface area contributed by atoms with Crippen molar-refractivity contribution >= 4 is 30.7 Å². The largest absolute Gasteiger partial charge is 0.464 e. The van der Waals surface area contributed by atoms with E-state index in [1.54, 1.807) is 30.3 Å². The van der Waals surface area contributed by atoms with Crippen molar-refractivity contribution in [3.63, 3.8) is 0 Å². The van der Waals surface area contributed by atoms with E-state index in [1.165, 1.54) is 49.4 Å². The molecule has 1 aliphatic rings. The van der Waals surface area contributed by atoms with Crippen molar-refractivity contribution in [1.82, 2.24) is 24.6 Å². The Labute approximate surface area is 357 Å². The summed E-state index contributed by atoms with van der Waals surface area (Å²) in [6, 6.07) is 9.66. The molecule has 0 spiro atoms. The highest BCUT2D eigenvalue weighted by Crippen LogP contribution is 2.48. The molecule has 61 heavy (non-hydrogen) atoms. The second-order valence-electron chi connectivity index (χ2n) is 15.9. The minimum absolute atomic E-state index is 0.0971. The zero-order valence-electron chi connectivity index (χ0n) is 35.3. The molecular formula is C45H60F3N6O6P. The Bertz CT molecular complexity index is 2050. The fraction of sp³-hybridized carbons (Fsp3) is 0.556. The maximum atomic E-state index is 14.9. The highest BCUT2D eigenvalue weighted by Gasteiger charge is 2.44. The topological polar surface area (TPSA) is 153 Å². The van der Waals surface area contributed by atoms with Gasteiger partial charge >= 0.3 is 19.8 Å². The maximum Gasteiger partial charge on any atom is 0.459 e. The number of hydrogen-bond acceptors (Lipinski definition) is 10. The second-order valence-corrected chi connectivity index (χ2v) is 17.6. The van der Waals surface area contributed by atoms with E-state index in [9.17, 15) is 22.5 Å². The Morgan fingerprint density at radius 1 is 0.984 bits per heavy atom. The number of carbonyl (C=O) groups excluding carboxylic acids is 1. The van der Waals surface area contributed by atoms with E-state index in [0.29, 0.717) is 6.42 Å². The molecule has 1 aliphatic heterocycles. The number of imidazole rings is 1. The van der Waals surface area contributed by atoms with E-state index in [0.717, 1.165) is 69.6 Å². The lowest BCUT2D eigenvalue weighted by molar-refractivity contribution is -0.147. The Hall–Kier alpha value is -4.48. The third kappa shape index (κ3) is 14.6. The van der Waals surface area contributed by atoms with Crippen LogP contribution in [0.5, 0.6) is 5.75 Å². The summed E-state index contributed by atoms with van der Waals surface area (Å²) < 4.78 is 83.8. The number of rotatable bonds is 27. The number of para-hydroxylation sites is 1. The highest BCUT2D eigenvalue weighted by atomic mass is 31.2. The number of nitrogens with zero attached hydrogens (tertiary/aromatic N) is 4. The number of ether oxygens (including phenoxy) is 2. The van der Waals surface area contributed by atoms with Crippen molar-refractivity contribution in [2.45, 2.75) is 141 Å². The molecule has 1 fully saturated rings. The standard InChI is InChI=1S/C45H60F3N6O6P/c1-4-7-9-11-13-16-20-33(21-17-14-12-10-8-5-2)30-57-43(55)38(28-34-26-35(46)29-36(47)27-34)53-61(56,60-37-22-18-15-19-23-37)58-31-45(6-3)25-24-39(59-45)54-32-50-40-41(49)51-44(48)52-42(40)54/h3,15,18-19,22-23,26-27,29,32-33,38-39H,4-5,7-14,16-17,20-21,24-25,28,30-31H2,1-2H3,(H,53,56)(H2,49,51,52)/t38-,39+,45-,61?/m0/s1. The van der Waals surface area contributed by atoms with Crippen LogP contribution >= 0.6 is 7.75 Å². The highest BCUT2D eigenvalue weighted by molar-refractivity contribution is 7.52. The van der Waals surface area contributed by atoms with Crippen molar-refractivity contribution < 1.29 is 41.1 Å². The molecule has 2 aromatic carbocycles. The predicted octanol–water partition coefficient (Wildman–Crippen LogP) is 10.6. The van der Waals surface area contributed by atoms with Gasteiger partial charge in [0.2, 0.25) is 0 Å². The Morgan fingerprint density at radius 3 is 2.26 bits per heavy atom. The summed E-state index contributed by atoms with van der Waals surface area (Å²) in [5.41, 5.74) is 4.77. The quantitative estimate of drug-likeness (QED) is 0.0194. The Balaban J connectivity index is 1.35. The lowest BCUT2D eigenvalue weighted by Crippen LogP contribution is -2.41. The molecule has 0 amide bonds. The number of hydrogen-bond donors (Lipinski definition) is 2. The molecule has 0 aliphatic carbocycles. The van der Waals surface area contributed by atoms with Crippen LogP contribution in [0.25, 0.3) is 11.2 Å². The van der Waals surface area contributed by atoms with E-state index >= 15 is 0 Å². The molecule has 0 bridgehead atoms. The minimum atomic E-state index is -4.58. The van der Waals surface area contributed by atoms with Crippen molar-refractivity contribution in [3.8, 4) is 18.1 Å². The number of nitrogens with two attached hydrogens (primary N) is 1. The molecule has 3 heterocycles. The summed E-state index contributed by atoms with van der Waals surface area (Å²) in [5, 5.41) is 2.75. The molecule has 12 nitrogen and oxygen atoms in total. The number of nitrogens with one attached hydrogen (secondary N) is 1. The van der Waals surface area contributed by atoms with Crippen molar-refractivity contribution in [1.29, 1.82) is 0 Å². The zero-order valence-corrected chi connectivity index (χ0v) is 36.2. The van der Waals surface area contributed by atoms with Crippen molar-refractivity contribution in [2.24, 2.45) is 5.92 Å². The molecular weight excluding hydrogens is 808 g/mol. The van der Waals surface area contributed by atoms with Gasteiger partial charge in [0.15, 0.2) is 22.6 Å². The summed E-state index contributed by atoms with van der Waals surface area (Å²) in [4.78, 5) is 25.7. The second kappa shape index (κ2) is 23.7. The fourth-order valence-electron chi connectivity index (χ4n) is 7.58. The normalized spacial score (nSPS) is 18.0. The number of anilines is 1. The lowest BCUT2D eigenvalue weighted by atomic mass is 9.94. The first-order valence-corrected chi connectivity index (χ1v) is 23.2. The van der Waals surface area contributed by atoms with Crippen LogP contribution in [0.2, 0.25) is 0 Å². The Kier molecular flexibility index (Phi) is 18.4. The van der Waals surface area contributed by atoms with Crippen LogP contribution in [0.4, 0.5) is 19.0 Å². The molecule has 1 saturated heterocycles. The fourth-order valence-corrected chi connectivity index (χ4v) is 9.12. The zero-order chi connectivity index (χ0) is 43.7. The third-order valence-electron chi connectivity index (χ3n) is 10.9. The molecule has 5 rings (SSSR count). The van der Waals surface area contributed by atoms with E-state index < -0.39 is 55.9 Å². The number of esters is 1. The predicted molar refractivity (Wildman–Crippen MR) is 229 cm³/mol. The van der Waals surface area contributed by atoms with Gasteiger partial charge in [0.1, 0.15) is 29.7 Å². The van der Waals surface area contributed by atoms with Gasteiger partial charge in [-0.05, 0) is 67.9 Å². The van der Waals surface area contributed by atoms with Crippen LogP contribution in [0, 0.1) is 36.0 Å². The van der Waals surface area contributed by atoms with Crippen LogP contribution in [-0.2, 0) is 29.8 Å². The average Bonchev–Trinajstić information content (AvgIpc) is 3.86. The number of terminal acetylenes is 1. The van der Waals surface area contributed by atoms with Gasteiger partial charge < -0.3 is 19.7 Å². The molecule has 16 heteroatoms. The summed E-state index contributed by atoms with van der Waals surface area (Å²) in [6.45, 7) is 4.02. The van der Waals surface area contributed by atoms with Crippen LogP contribution in [0.1, 0.15) is 128 Å². The van der Waals surface area contributed by atoms with Crippen LogP contribution in [0.15, 0.2) is 54.9 Å². The number of halogens is 3. The van der Waals surface area contributed by atoms with Gasteiger partial charge in [0.25, 0.3) is 0 Å². The summed E-state index contributed by atoms with van der Waals surface area (Å²) in [7, 11) is -4.58. The van der Waals surface area contributed by atoms with Gasteiger partial charge in [0, 0.05) is 6.07 Å². The number of benzene rings is 2. The molecule has 332 valence electrons. The van der Waals surface area contributed by atoms with Crippen LogP contribution in [-0.4, -0.2) is 50.3 Å². The molecule has 2 aromatic heterocycles. The first-order valence-electron chi connectivity index (χ1n) is 21.6. The lowest BCUT2D eigenvalue weighted by Gasteiger charge is -2.29. The van der Waals surface area contributed by atoms with Gasteiger partial charge in [-0.15, -0.1) is 6.42 Å². The molecule has 0 saturated carbocycles. The first kappa shape index (κ1) is 47.6. The molecule has 3 N–H and O–H groups in total. The molecule has 4 atom stereocenters. The maximum absolute atomic E-state index is 14.9. The van der Waals surface area contributed by atoms with Crippen LogP contribution < -0.4 is 15.3 Å². The summed E-state index contributed by atoms with van der Waals surface area (Å²) >= 11 is 0. The van der Waals surface area contributed by atoms with Gasteiger partial charge in [-0.3, -0.25) is 13.9 Å². The van der Waals surface area contributed by atoms with E-state index in [4.69, 9.17) is 30.7 Å². The average molecular weight is 869 g/mol. The summed E-state index contributed by atoms with van der Waals surface area (Å²) in [6.07, 6.45) is 21.2. The smallest absolute Gasteiger partial charge is 0.459 e. The van der Waals surface area contributed by atoms with Gasteiger partial charge in [-0.25, -0.2) is 18.3 Å². The van der Waals surface area contributed by atoms with Crippen LogP contribution in [0.3, 0.4) is 0 Å². The third-order valence-corrected chi connectivity index (χ3v) is 12.5. The van der Waals surface area contributed by atoms with E-state index in [2.05, 4.69) is 39.8 Å². The molecule has 4 aromatic rings. The number of fused-ring (bicyclic) bond motifs is 1.